The van der Waals surface area contributed by atoms with Gasteiger partial charge >= 0.3 is 0 Å². The highest BCUT2D eigenvalue weighted by molar-refractivity contribution is 5.76. The number of rotatable bonds is 1. The minimum absolute atomic E-state index is 0.486. The fourth-order valence-corrected chi connectivity index (χ4v) is 3.15. The van der Waals surface area contributed by atoms with Gasteiger partial charge in [0.25, 0.3) is 0 Å². The van der Waals surface area contributed by atoms with Crippen LogP contribution in [0.25, 0.3) is 5.57 Å². The van der Waals surface area contributed by atoms with Crippen LogP contribution in [0.15, 0.2) is 49.0 Å². The van der Waals surface area contributed by atoms with Gasteiger partial charge in [0.2, 0.25) is 5.79 Å². The molecule has 3 nitrogen and oxygen atoms in total. The van der Waals surface area contributed by atoms with Crippen LogP contribution < -0.4 is 4.74 Å². The Morgan fingerprint density at radius 2 is 1.81 bits per heavy atom. The maximum Gasteiger partial charge on any atom is 0.223 e. The second kappa shape index (κ2) is 4.45. The second-order valence-electron chi connectivity index (χ2n) is 5.35. The molecule has 0 amide bonds. The molecule has 0 saturated carbocycles. The minimum Gasteiger partial charge on any atom is -0.497 e. The number of fused-ring (bicyclic) bond motifs is 3. The summed E-state index contributed by atoms with van der Waals surface area (Å²) in [7, 11) is 1.66. The van der Waals surface area contributed by atoms with Gasteiger partial charge in [-0.3, -0.25) is 0 Å². The summed E-state index contributed by atoms with van der Waals surface area (Å²) in [6, 6.07) is 14.1. The summed E-state index contributed by atoms with van der Waals surface area (Å²) in [5.74, 6) is -0.00751. The lowest BCUT2D eigenvalue weighted by molar-refractivity contribution is -0.207. The fourth-order valence-electron chi connectivity index (χ4n) is 3.15. The molecule has 1 unspecified atom stereocenters. The lowest BCUT2D eigenvalue weighted by Crippen LogP contribution is -2.34. The highest BCUT2D eigenvalue weighted by atomic mass is 16.7. The maximum atomic E-state index is 6.11. The predicted molar refractivity (Wildman–Crippen MR) is 79.7 cm³/mol. The Labute approximate surface area is 123 Å². The third kappa shape index (κ3) is 1.68. The van der Waals surface area contributed by atoms with Gasteiger partial charge in [-0.25, -0.2) is 0 Å². The van der Waals surface area contributed by atoms with Crippen molar-refractivity contribution in [3.05, 3.63) is 71.3 Å². The van der Waals surface area contributed by atoms with Crippen molar-refractivity contribution < 1.29 is 14.2 Å². The van der Waals surface area contributed by atoms with E-state index in [1.54, 1.807) is 7.11 Å². The average Bonchev–Trinajstić information content (AvgIpc) is 2.91. The van der Waals surface area contributed by atoms with Crippen molar-refractivity contribution in [2.24, 2.45) is 0 Å². The zero-order valence-electron chi connectivity index (χ0n) is 11.9. The highest BCUT2D eigenvalue weighted by Gasteiger charge is 2.47. The smallest absolute Gasteiger partial charge is 0.223 e. The summed E-state index contributed by atoms with van der Waals surface area (Å²) < 4.78 is 17.4. The van der Waals surface area contributed by atoms with Crippen molar-refractivity contribution in [1.29, 1.82) is 0 Å². The molecule has 2 aromatic carbocycles. The van der Waals surface area contributed by atoms with Crippen LogP contribution in [-0.4, -0.2) is 7.11 Å². The van der Waals surface area contributed by atoms with E-state index in [1.807, 2.05) is 30.3 Å². The van der Waals surface area contributed by atoms with Crippen LogP contribution in [0, 0.1) is 0 Å². The lowest BCUT2D eigenvalue weighted by Gasteiger charge is -2.36. The van der Waals surface area contributed by atoms with Crippen LogP contribution in [0.1, 0.15) is 22.3 Å². The van der Waals surface area contributed by atoms with Crippen molar-refractivity contribution >= 4 is 5.57 Å². The molecule has 2 heterocycles. The van der Waals surface area contributed by atoms with Crippen molar-refractivity contribution in [1.82, 2.24) is 0 Å². The Morgan fingerprint density at radius 1 is 1.05 bits per heavy atom. The molecule has 0 fully saturated rings. The number of benzene rings is 2. The van der Waals surface area contributed by atoms with E-state index in [2.05, 4.69) is 18.7 Å². The van der Waals surface area contributed by atoms with Gasteiger partial charge in [0.1, 0.15) is 5.75 Å². The fraction of sp³-hybridized carbons (Fsp3) is 0.222. The zero-order chi connectivity index (χ0) is 14.4. The molecule has 2 aliphatic heterocycles. The summed E-state index contributed by atoms with van der Waals surface area (Å²) in [5.41, 5.74) is 5.25. The Bertz CT molecular complexity index is 735. The molecule has 1 spiro atoms. The van der Waals surface area contributed by atoms with Gasteiger partial charge in [0, 0.05) is 11.1 Å². The Hall–Kier alpha value is -2.10. The van der Waals surface area contributed by atoms with Crippen molar-refractivity contribution in [2.75, 3.05) is 7.11 Å². The molecule has 4 rings (SSSR count). The summed E-state index contributed by atoms with van der Waals surface area (Å²) in [6.45, 7) is 5.30. The number of hydrogen-bond donors (Lipinski definition) is 0. The molecule has 1 atom stereocenters. The molecular formula is C18H16O3. The van der Waals surface area contributed by atoms with Crippen LogP contribution in [0.2, 0.25) is 0 Å². The molecule has 0 aromatic heterocycles. The number of methoxy groups -OCH3 is 1. The Morgan fingerprint density at radius 3 is 2.62 bits per heavy atom. The van der Waals surface area contributed by atoms with Crippen LogP contribution in [0.4, 0.5) is 0 Å². The summed E-state index contributed by atoms with van der Waals surface area (Å²) in [5, 5.41) is 0. The summed E-state index contributed by atoms with van der Waals surface area (Å²) >= 11 is 0. The second-order valence-corrected chi connectivity index (χ2v) is 5.35. The molecule has 21 heavy (non-hydrogen) atoms. The topological polar surface area (TPSA) is 27.7 Å². The average molecular weight is 280 g/mol. The quantitative estimate of drug-likeness (QED) is 0.798. The zero-order valence-corrected chi connectivity index (χ0v) is 11.9. The van der Waals surface area contributed by atoms with Crippen molar-refractivity contribution in [2.45, 2.75) is 19.0 Å². The highest BCUT2D eigenvalue weighted by Crippen LogP contribution is 2.50. The van der Waals surface area contributed by atoms with Gasteiger partial charge in [0.05, 0.1) is 20.3 Å². The molecule has 106 valence electrons. The van der Waals surface area contributed by atoms with E-state index in [0.29, 0.717) is 13.2 Å². The van der Waals surface area contributed by atoms with Gasteiger partial charge < -0.3 is 14.2 Å². The van der Waals surface area contributed by atoms with E-state index in [4.69, 9.17) is 14.2 Å². The predicted octanol–water partition coefficient (Wildman–Crippen LogP) is 3.62. The molecular weight excluding hydrogens is 264 g/mol. The standard InChI is InChI=1S/C18H16O3/c1-12-16-8-7-15(19-2)9-14(16)11-21-18(12)17-6-4-3-5-13(17)10-20-18/h3-9H,1,10-11H2,2H3. The van der Waals surface area contributed by atoms with Crippen molar-refractivity contribution in [3.8, 4) is 5.75 Å². The van der Waals surface area contributed by atoms with E-state index in [1.165, 1.54) is 0 Å². The van der Waals surface area contributed by atoms with E-state index in [0.717, 1.165) is 33.6 Å². The van der Waals surface area contributed by atoms with Crippen LogP contribution in [0.5, 0.6) is 5.75 Å². The van der Waals surface area contributed by atoms with Gasteiger partial charge in [-0.05, 0) is 28.8 Å². The summed E-state index contributed by atoms with van der Waals surface area (Å²) in [6.07, 6.45) is 0. The molecule has 0 bridgehead atoms. The number of ether oxygens (including phenoxy) is 3. The minimum atomic E-state index is -0.835. The van der Waals surface area contributed by atoms with Gasteiger partial charge in [-0.15, -0.1) is 0 Å². The van der Waals surface area contributed by atoms with E-state index < -0.39 is 5.79 Å². The first-order valence-electron chi connectivity index (χ1n) is 6.97. The molecule has 0 radical (unpaired) electrons. The largest absolute Gasteiger partial charge is 0.497 e. The van der Waals surface area contributed by atoms with Crippen LogP contribution in [-0.2, 0) is 28.5 Å². The van der Waals surface area contributed by atoms with Crippen molar-refractivity contribution in [3.63, 3.8) is 0 Å². The molecule has 2 aliphatic rings. The third-order valence-electron chi connectivity index (χ3n) is 4.27. The summed E-state index contributed by atoms with van der Waals surface area (Å²) in [4.78, 5) is 0. The lowest BCUT2D eigenvalue weighted by atomic mass is 9.87. The van der Waals surface area contributed by atoms with Gasteiger partial charge in [0.15, 0.2) is 0 Å². The van der Waals surface area contributed by atoms with Crippen LogP contribution >= 0.6 is 0 Å². The SMILES string of the molecule is C=C1c2ccc(OC)cc2COC12OCc1ccccc12. The van der Waals surface area contributed by atoms with E-state index >= 15 is 0 Å². The Kier molecular flexibility index (Phi) is 2.67. The molecule has 2 aromatic rings. The first-order valence-corrected chi connectivity index (χ1v) is 6.97. The van der Waals surface area contributed by atoms with E-state index in [9.17, 15) is 0 Å². The first-order chi connectivity index (χ1) is 10.2. The molecule has 0 N–H and O–H groups in total. The van der Waals surface area contributed by atoms with Gasteiger partial charge in [-0.2, -0.15) is 0 Å². The molecule has 0 saturated heterocycles. The van der Waals surface area contributed by atoms with Gasteiger partial charge in [-0.1, -0.05) is 36.9 Å². The van der Waals surface area contributed by atoms with E-state index in [-0.39, 0.29) is 0 Å². The molecule has 0 aliphatic carbocycles. The monoisotopic (exact) mass is 280 g/mol. The molecule has 3 heteroatoms. The van der Waals surface area contributed by atoms with Crippen LogP contribution in [0.3, 0.4) is 0 Å². The normalized spacial score (nSPS) is 23.0. The number of hydrogen-bond acceptors (Lipinski definition) is 3. The Balaban J connectivity index is 1.83. The first kappa shape index (κ1) is 12.6. The third-order valence-corrected chi connectivity index (χ3v) is 4.27. The maximum absolute atomic E-state index is 6.11.